The van der Waals surface area contributed by atoms with E-state index >= 15 is 0 Å². The number of benzene rings is 2. The van der Waals surface area contributed by atoms with Crippen LogP contribution in [0.2, 0.25) is 0 Å². The summed E-state index contributed by atoms with van der Waals surface area (Å²) in [6.07, 6.45) is 1.66. The van der Waals surface area contributed by atoms with E-state index in [0.29, 0.717) is 5.88 Å². The van der Waals surface area contributed by atoms with Crippen LogP contribution in [-0.4, -0.2) is 5.91 Å². The van der Waals surface area contributed by atoms with Gasteiger partial charge in [0.25, 0.3) is 0 Å². The van der Waals surface area contributed by atoms with Gasteiger partial charge in [-0.05, 0) is 41.7 Å². The third kappa shape index (κ3) is 2.70. The number of hydrogen-bond donors (Lipinski definition) is 1. The van der Waals surface area contributed by atoms with E-state index in [2.05, 4.69) is 17.4 Å². The second-order valence-electron chi connectivity index (χ2n) is 5.20. The van der Waals surface area contributed by atoms with Crippen LogP contribution in [0.15, 0.2) is 48.5 Å². The van der Waals surface area contributed by atoms with Gasteiger partial charge < -0.3 is 5.32 Å². The molecule has 2 aromatic carbocycles. The highest BCUT2D eigenvalue weighted by Gasteiger charge is 2.26. The van der Waals surface area contributed by atoms with E-state index in [4.69, 9.17) is 11.6 Å². The van der Waals surface area contributed by atoms with E-state index in [-0.39, 0.29) is 11.8 Å². The highest BCUT2D eigenvalue weighted by molar-refractivity contribution is 6.17. The Morgan fingerprint density at radius 1 is 1.10 bits per heavy atom. The number of anilines is 1. The average Bonchev–Trinajstić information content (AvgIpc) is 2.91. The van der Waals surface area contributed by atoms with Crippen molar-refractivity contribution < 1.29 is 4.79 Å². The van der Waals surface area contributed by atoms with Crippen molar-refractivity contribution >= 4 is 23.2 Å². The molecule has 0 spiro atoms. The van der Waals surface area contributed by atoms with E-state index in [9.17, 15) is 4.79 Å². The van der Waals surface area contributed by atoms with E-state index in [0.717, 1.165) is 24.1 Å². The zero-order valence-corrected chi connectivity index (χ0v) is 11.9. The van der Waals surface area contributed by atoms with E-state index in [1.165, 1.54) is 11.1 Å². The average molecular weight is 286 g/mol. The Morgan fingerprint density at radius 2 is 1.80 bits per heavy atom. The molecular weight excluding hydrogens is 270 g/mol. The molecule has 1 aliphatic carbocycles. The number of hydrogen-bond acceptors (Lipinski definition) is 1. The number of rotatable bonds is 3. The van der Waals surface area contributed by atoms with E-state index in [1.54, 1.807) is 0 Å². The van der Waals surface area contributed by atoms with Gasteiger partial charge in [-0.15, -0.1) is 11.6 Å². The van der Waals surface area contributed by atoms with Crippen LogP contribution < -0.4 is 5.32 Å². The molecule has 1 amide bonds. The van der Waals surface area contributed by atoms with Gasteiger partial charge in [0.05, 0.1) is 0 Å². The molecule has 0 bridgehead atoms. The normalized spacial score (nSPS) is 14.1. The van der Waals surface area contributed by atoms with Crippen molar-refractivity contribution in [1.29, 1.82) is 0 Å². The Labute approximate surface area is 123 Å². The molecule has 3 rings (SSSR count). The lowest BCUT2D eigenvalue weighted by Crippen LogP contribution is -2.23. The molecule has 0 aliphatic heterocycles. The second-order valence-corrected chi connectivity index (χ2v) is 5.46. The molecule has 102 valence electrons. The Balaban J connectivity index is 1.69. The predicted molar refractivity (Wildman–Crippen MR) is 82.0 cm³/mol. The second kappa shape index (κ2) is 5.68. The molecule has 2 aromatic rings. The SMILES string of the molecule is O=C(Nc1cccc(CCl)c1)C1Cc2ccccc2C1. The predicted octanol–water partition coefficient (Wildman–Crippen LogP) is 3.78. The van der Waals surface area contributed by atoms with Crippen LogP contribution in [0.1, 0.15) is 16.7 Å². The standard InChI is InChI=1S/C17H16ClNO/c18-11-12-4-3-7-16(8-12)19-17(20)15-9-13-5-1-2-6-14(13)10-15/h1-8,15H,9-11H2,(H,19,20). The number of carbonyl (C=O) groups is 1. The van der Waals surface area contributed by atoms with Crippen molar-refractivity contribution in [2.75, 3.05) is 5.32 Å². The monoisotopic (exact) mass is 285 g/mol. The van der Waals surface area contributed by atoms with Crippen LogP contribution >= 0.6 is 11.6 Å². The fourth-order valence-corrected chi connectivity index (χ4v) is 2.89. The summed E-state index contributed by atoms with van der Waals surface area (Å²) in [7, 11) is 0. The van der Waals surface area contributed by atoms with Crippen LogP contribution in [0.5, 0.6) is 0 Å². The molecule has 0 saturated carbocycles. The summed E-state index contributed by atoms with van der Waals surface area (Å²) in [5, 5.41) is 3.00. The molecule has 2 nitrogen and oxygen atoms in total. The lowest BCUT2D eigenvalue weighted by molar-refractivity contribution is -0.119. The molecule has 0 aromatic heterocycles. The molecule has 3 heteroatoms. The first-order valence-corrected chi connectivity index (χ1v) is 7.32. The number of alkyl halides is 1. The number of nitrogens with one attached hydrogen (secondary N) is 1. The van der Waals surface area contributed by atoms with Gasteiger partial charge in [0, 0.05) is 17.5 Å². The summed E-state index contributed by atoms with van der Waals surface area (Å²) >= 11 is 5.81. The maximum Gasteiger partial charge on any atom is 0.228 e. The molecular formula is C17H16ClNO. The third-order valence-electron chi connectivity index (χ3n) is 3.77. The van der Waals surface area contributed by atoms with Crippen LogP contribution in [0, 0.1) is 5.92 Å². The van der Waals surface area contributed by atoms with Crippen LogP contribution in [0.3, 0.4) is 0 Å². The minimum Gasteiger partial charge on any atom is -0.326 e. The summed E-state index contributed by atoms with van der Waals surface area (Å²) in [5.41, 5.74) is 4.42. The molecule has 1 aliphatic rings. The largest absolute Gasteiger partial charge is 0.326 e. The van der Waals surface area contributed by atoms with Gasteiger partial charge in [-0.2, -0.15) is 0 Å². The minimum absolute atomic E-state index is 0.0343. The number of amides is 1. The summed E-state index contributed by atoms with van der Waals surface area (Å²) < 4.78 is 0. The minimum atomic E-state index is 0.0343. The van der Waals surface area contributed by atoms with Crippen molar-refractivity contribution in [3.8, 4) is 0 Å². The Bertz CT molecular complexity index is 613. The molecule has 0 radical (unpaired) electrons. The van der Waals surface area contributed by atoms with Crippen molar-refractivity contribution in [2.45, 2.75) is 18.7 Å². The summed E-state index contributed by atoms with van der Waals surface area (Å²) in [5.74, 6) is 0.582. The maximum atomic E-state index is 12.3. The maximum absolute atomic E-state index is 12.3. The van der Waals surface area contributed by atoms with Crippen LogP contribution in [0.4, 0.5) is 5.69 Å². The van der Waals surface area contributed by atoms with Crippen LogP contribution in [0.25, 0.3) is 0 Å². The first-order valence-electron chi connectivity index (χ1n) is 6.79. The fourth-order valence-electron chi connectivity index (χ4n) is 2.72. The highest BCUT2D eigenvalue weighted by Crippen LogP contribution is 2.27. The lowest BCUT2D eigenvalue weighted by atomic mass is 10.1. The topological polar surface area (TPSA) is 29.1 Å². The van der Waals surface area contributed by atoms with Gasteiger partial charge in [-0.25, -0.2) is 0 Å². The molecule has 0 heterocycles. The molecule has 0 saturated heterocycles. The van der Waals surface area contributed by atoms with Gasteiger partial charge in [0.1, 0.15) is 0 Å². The summed E-state index contributed by atoms with van der Waals surface area (Å²) in [6.45, 7) is 0. The molecule has 20 heavy (non-hydrogen) atoms. The van der Waals surface area contributed by atoms with E-state index < -0.39 is 0 Å². The lowest BCUT2D eigenvalue weighted by Gasteiger charge is -2.11. The Morgan fingerprint density at radius 3 is 2.45 bits per heavy atom. The van der Waals surface area contributed by atoms with Crippen LogP contribution in [-0.2, 0) is 23.5 Å². The summed E-state index contributed by atoms with van der Waals surface area (Å²) in [4.78, 5) is 12.3. The molecule has 0 unspecified atom stereocenters. The summed E-state index contributed by atoms with van der Waals surface area (Å²) in [6, 6.07) is 16.0. The molecule has 0 fully saturated rings. The first-order chi connectivity index (χ1) is 9.76. The smallest absolute Gasteiger partial charge is 0.228 e. The van der Waals surface area contributed by atoms with Gasteiger partial charge in [0.2, 0.25) is 5.91 Å². The van der Waals surface area contributed by atoms with Crippen molar-refractivity contribution in [1.82, 2.24) is 0 Å². The third-order valence-corrected chi connectivity index (χ3v) is 4.08. The Hall–Kier alpha value is -1.80. The van der Waals surface area contributed by atoms with Gasteiger partial charge >= 0.3 is 0 Å². The van der Waals surface area contributed by atoms with Crippen molar-refractivity contribution in [2.24, 2.45) is 5.92 Å². The van der Waals surface area contributed by atoms with E-state index in [1.807, 2.05) is 36.4 Å². The van der Waals surface area contributed by atoms with Crippen molar-refractivity contribution in [3.63, 3.8) is 0 Å². The van der Waals surface area contributed by atoms with Gasteiger partial charge in [0.15, 0.2) is 0 Å². The Kier molecular flexibility index (Phi) is 3.75. The quantitative estimate of drug-likeness (QED) is 0.855. The number of fused-ring (bicyclic) bond motifs is 1. The van der Waals surface area contributed by atoms with Crippen molar-refractivity contribution in [3.05, 3.63) is 65.2 Å². The molecule has 1 N–H and O–H groups in total. The number of halogens is 1. The first kappa shape index (κ1) is 13.2. The fraction of sp³-hybridized carbons (Fsp3) is 0.235. The van der Waals surface area contributed by atoms with Gasteiger partial charge in [-0.1, -0.05) is 36.4 Å². The number of carbonyl (C=O) groups excluding carboxylic acids is 1. The van der Waals surface area contributed by atoms with Gasteiger partial charge in [-0.3, -0.25) is 4.79 Å². The molecule has 0 atom stereocenters. The zero-order valence-electron chi connectivity index (χ0n) is 11.1. The highest BCUT2D eigenvalue weighted by atomic mass is 35.5. The zero-order chi connectivity index (χ0) is 13.9.